The van der Waals surface area contributed by atoms with E-state index < -0.39 is 6.04 Å². The third-order valence-electron chi connectivity index (χ3n) is 4.75. The zero-order valence-corrected chi connectivity index (χ0v) is 17.1. The first kappa shape index (κ1) is 23.4. The summed E-state index contributed by atoms with van der Waals surface area (Å²) < 4.78 is 5.31. The number of rotatable bonds is 8. The molecule has 0 saturated carbocycles. The summed E-state index contributed by atoms with van der Waals surface area (Å²) in [6.07, 6.45) is 3.49. The molecule has 0 bridgehead atoms. The van der Waals surface area contributed by atoms with Crippen molar-refractivity contribution in [1.82, 2.24) is 4.90 Å². The fourth-order valence-corrected chi connectivity index (χ4v) is 3.25. The number of nitrogens with two attached hydrogens (primary N) is 1. The second kappa shape index (κ2) is 12.0. The van der Waals surface area contributed by atoms with Gasteiger partial charge in [0.15, 0.2) is 0 Å². The predicted molar refractivity (Wildman–Crippen MR) is 110 cm³/mol. The minimum atomic E-state index is -0.537. The van der Waals surface area contributed by atoms with Crippen LogP contribution in [0.15, 0.2) is 24.3 Å². The molecule has 1 aromatic rings. The van der Waals surface area contributed by atoms with E-state index in [-0.39, 0.29) is 30.1 Å². The van der Waals surface area contributed by atoms with Gasteiger partial charge in [-0.05, 0) is 55.9 Å². The SMILES string of the molecule is CCCN(CCC)C(=O)c1ccc(NC(=O)C(N)C2CCOCC2)cc1.Cl. The average Bonchev–Trinajstić information content (AvgIpc) is 2.68. The van der Waals surface area contributed by atoms with E-state index in [1.807, 2.05) is 4.90 Å². The van der Waals surface area contributed by atoms with Crippen LogP contribution in [0.1, 0.15) is 49.9 Å². The molecule has 1 unspecified atom stereocenters. The summed E-state index contributed by atoms with van der Waals surface area (Å²) in [6, 6.07) is 6.51. The van der Waals surface area contributed by atoms with Crippen LogP contribution >= 0.6 is 12.4 Å². The standard InChI is InChI=1S/C20H31N3O3.ClH/c1-3-11-23(12-4-2)20(25)16-5-7-17(8-6-16)22-19(24)18(21)15-9-13-26-14-10-15;/h5-8,15,18H,3-4,9-14,21H2,1-2H3,(H,22,24);1H. The number of ether oxygens (including phenoxy) is 1. The highest BCUT2D eigenvalue weighted by molar-refractivity contribution is 5.97. The van der Waals surface area contributed by atoms with Crippen LogP contribution in [-0.4, -0.2) is 49.1 Å². The lowest BCUT2D eigenvalue weighted by Crippen LogP contribution is -2.44. The first-order valence-electron chi connectivity index (χ1n) is 9.60. The summed E-state index contributed by atoms with van der Waals surface area (Å²) in [5.74, 6) is 0.00120. The van der Waals surface area contributed by atoms with Crippen molar-refractivity contribution in [3.63, 3.8) is 0 Å². The maximum absolute atomic E-state index is 12.6. The lowest BCUT2D eigenvalue weighted by Gasteiger charge is -2.26. The molecule has 1 aromatic carbocycles. The molecular weight excluding hydrogens is 366 g/mol. The number of carbonyl (C=O) groups is 2. The van der Waals surface area contributed by atoms with E-state index in [0.717, 1.165) is 38.8 Å². The lowest BCUT2D eigenvalue weighted by atomic mass is 9.92. The average molecular weight is 398 g/mol. The van der Waals surface area contributed by atoms with Crippen LogP contribution in [0.25, 0.3) is 0 Å². The molecule has 1 aliphatic heterocycles. The molecule has 27 heavy (non-hydrogen) atoms. The molecular formula is C20H32ClN3O3. The van der Waals surface area contributed by atoms with Gasteiger partial charge < -0.3 is 20.7 Å². The molecule has 7 heteroatoms. The minimum absolute atomic E-state index is 0. The van der Waals surface area contributed by atoms with Gasteiger partial charge in [0.1, 0.15) is 0 Å². The summed E-state index contributed by atoms with van der Waals surface area (Å²) >= 11 is 0. The van der Waals surface area contributed by atoms with Gasteiger partial charge >= 0.3 is 0 Å². The Hall–Kier alpha value is -1.63. The Morgan fingerprint density at radius 1 is 1.15 bits per heavy atom. The van der Waals surface area contributed by atoms with Gasteiger partial charge in [-0.3, -0.25) is 9.59 Å². The number of hydrogen-bond acceptors (Lipinski definition) is 4. The van der Waals surface area contributed by atoms with Crippen LogP contribution in [0.3, 0.4) is 0 Å². The number of nitrogens with zero attached hydrogens (tertiary/aromatic N) is 1. The van der Waals surface area contributed by atoms with E-state index in [0.29, 0.717) is 24.5 Å². The van der Waals surface area contributed by atoms with E-state index in [4.69, 9.17) is 10.5 Å². The van der Waals surface area contributed by atoms with E-state index in [1.54, 1.807) is 24.3 Å². The molecule has 1 aliphatic rings. The second-order valence-electron chi connectivity index (χ2n) is 6.83. The molecule has 0 aromatic heterocycles. The molecule has 152 valence electrons. The molecule has 6 nitrogen and oxygen atoms in total. The Morgan fingerprint density at radius 3 is 2.22 bits per heavy atom. The molecule has 1 atom stereocenters. The van der Waals surface area contributed by atoms with Crippen molar-refractivity contribution < 1.29 is 14.3 Å². The minimum Gasteiger partial charge on any atom is -0.381 e. The van der Waals surface area contributed by atoms with Gasteiger partial charge in [-0.2, -0.15) is 0 Å². The number of amides is 2. The first-order valence-corrected chi connectivity index (χ1v) is 9.60. The maximum Gasteiger partial charge on any atom is 0.253 e. The highest BCUT2D eigenvalue weighted by Crippen LogP contribution is 2.19. The van der Waals surface area contributed by atoms with Crippen LogP contribution in [0.4, 0.5) is 5.69 Å². The van der Waals surface area contributed by atoms with Crippen molar-refractivity contribution in [2.24, 2.45) is 11.7 Å². The molecule has 0 spiro atoms. The lowest BCUT2D eigenvalue weighted by molar-refractivity contribution is -0.119. The predicted octanol–water partition coefficient (Wildman–Crippen LogP) is 3.06. The summed E-state index contributed by atoms with van der Waals surface area (Å²) in [6.45, 7) is 6.96. The molecule has 2 rings (SSSR count). The highest BCUT2D eigenvalue weighted by atomic mass is 35.5. The molecule has 0 aliphatic carbocycles. The fourth-order valence-electron chi connectivity index (χ4n) is 3.25. The monoisotopic (exact) mass is 397 g/mol. The molecule has 1 heterocycles. The third-order valence-corrected chi connectivity index (χ3v) is 4.75. The maximum atomic E-state index is 12.6. The normalized spacial score (nSPS) is 15.5. The second-order valence-corrected chi connectivity index (χ2v) is 6.83. The quantitative estimate of drug-likeness (QED) is 0.706. The van der Waals surface area contributed by atoms with Gasteiger partial charge in [-0.1, -0.05) is 13.8 Å². The van der Waals surface area contributed by atoms with Crippen molar-refractivity contribution in [1.29, 1.82) is 0 Å². The molecule has 0 radical (unpaired) electrons. The number of nitrogens with one attached hydrogen (secondary N) is 1. The van der Waals surface area contributed by atoms with E-state index in [1.165, 1.54) is 0 Å². The van der Waals surface area contributed by atoms with Crippen molar-refractivity contribution in [2.45, 2.75) is 45.6 Å². The van der Waals surface area contributed by atoms with Gasteiger partial charge in [-0.15, -0.1) is 12.4 Å². The number of halogens is 1. The van der Waals surface area contributed by atoms with Crippen LogP contribution in [-0.2, 0) is 9.53 Å². The number of hydrogen-bond donors (Lipinski definition) is 2. The van der Waals surface area contributed by atoms with Crippen molar-refractivity contribution in [2.75, 3.05) is 31.6 Å². The summed E-state index contributed by atoms with van der Waals surface area (Å²) in [5.41, 5.74) is 7.39. The Labute approximate surface area is 168 Å². The zero-order valence-electron chi connectivity index (χ0n) is 16.3. The largest absolute Gasteiger partial charge is 0.381 e. The Kier molecular flexibility index (Phi) is 10.4. The third kappa shape index (κ3) is 6.79. The van der Waals surface area contributed by atoms with Crippen LogP contribution in [0.5, 0.6) is 0 Å². The van der Waals surface area contributed by atoms with E-state index in [9.17, 15) is 9.59 Å². The zero-order chi connectivity index (χ0) is 18.9. The summed E-state index contributed by atoms with van der Waals surface area (Å²) in [5, 5.41) is 2.86. The van der Waals surface area contributed by atoms with Crippen molar-refractivity contribution in [3.05, 3.63) is 29.8 Å². The Bertz CT molecular complexity index is 583. The van der Waals surface area contributed by atoms with Crippen molar-refractivity contribution in [3.8, 4) is 0 Å². The fraction of sp³-hybridized carbons (Fsp3) is 0.600. The molecule has 1 fully saturated rings. The van der Waals surface area contributed by atoms with Crippen molar-refractivity contribution >= 4 is 29.9 Å². The molecule has 2 amide bonds. The Balaban J connectivity index is 0.00000364. The Morgan fingerprint density at radius 2 is 1.70 bits per heavy atom. The molecule has 1 saturated heterocycles. The van der Waals surface area contributed by atoms with Crippen LogP contribution < -0.4 is 11.1 Å². The van der Waals surface area contributed by atoms with E-state index >= 15 is 0 Å². The summed E-state index contributed by atoms with van der Waals surface area (Å²) in [7, 11) is 0. The van der Waals surface area contributed by atoms with E-state index in [2.05, 4.69) is 19.2 Å². The van der Waals surface area contributed by atoms with Crippen LogP contribution in [0.2, 0.25) is 0 Å². The van der Waals surface area contributed by atoms with Crippen LogP contribution in [0, 0.1) is 5.92 Å². The van der Waals surface area contributed by atoms with Gasteiger partial charge in [-0.25, -0.2) is 0 Å². The number of benzene rings is 1. The van der Waals surface area contributed by atoms with Gasteiger partial charge in [0.25, 0.3) is 5.91 Å². The number of anilines is 1. The molecule has 3 N–H and O–H groups in total. The first-order chi connectivity index (χ1) is 12.6. The highest BCUT2D eigenvalue weighted by Gasteiger charge is 2.26. The summed E-state index contributed by atoms with van der Waals surface area (Å²) in [4.78, 5) is 26.8. The topological polar surface area (TPSA) is 84.7 Å². The van der Waals surface area contributed by atoms with Gasteiger partial charge in [0.05, 0.1) is 6.04 Å². The van der Waals surface area contributed by atoms with Gasteiger partial charge in [0.2, 0.25) is 5.91 Å². The number of carbonyl (C=O) groups excluding carboxylic acids is 2. The smallest absolute Gasteiger partial charge is 0.253 e. The van der Waals surface area contributed by atoms with Gasteiger partial charge in [0, 0.05) is 37.6 Å².